The second-order valence-electron chi connectivity index (χ2n) is 10.4. The van der Waals surface area contributed by atoms with Crippen molar-refractivity contribution in [1.29, 1.82) is 0 Å². The second kappa shape index (κ2) is 10.5. The van der Waals surface area contributed by atoms with E-state index in [1.807, 2.05) is 43.3 Å². The standard InChI is InChI=1S/C30H37N3O4/c1-20-10-11-25(37-4)15-26(20)29-12-13-33(18-23-8-6-5-7-9-23)22(3)30(29,36)16-24(14-21(2)28(31)35)27(17-29)32-19-34/h5-11,14-15,19,22,36H,12-13,16-18H2,1-4H3,(H2,31,35)(H,32,34)/b21-14+/t22?,29-,30?/m1/s1. The molecule has 2 amide bonds. The number of carbonyl (C=O) groups is 2. The van der Waals surface area contributed by atoms with Crippen molar-refractivity contribution in [3.63, 3.8) is 0 Å². The molecule has 0 aromatic heterocycles. The number of carbonyl (C=O) groups excluding carboxylic acids is 2. The molecule has 1 saturated heterocycles. The van der Waals surface area contributed by atoms with Crippen LogP contribution in [0.2, 0.25) is 0 Å². The first-order valence-electron chi connectivity index (χ1n) is 12.7. The Kier molecular flexibility index (Phi) is 7.57. The molecular formula is C30H37N3O4. The number of nitrogens with two attached hydrogens (primary N) is 1. The summed E-state index contributed by atoms with van der Waals surface area (Å²) in [5.74, 6) is 0.189. The molecule has 37 heavy (non-hydrogen) atoms. The van der Waals surface area contributed by atoms with Crippen LogP contribution in [0.25, 0.3) is 0 Å². The van der Waals surface area contributed by atoms with Gasteiger partial charge in [-0.1, -0.05) is 36.4 Å². The minimum atomic E-state index is -1.20. The summed E-state index contributed by atoms with van der Waals surface area (Å²) in [7, 11) is 1.64. The van der Waals surface area contributed by atoms with Gasteiger partial charge in [-0.3, -0.25) is 14.5 Å². The van der Waals surface area contributed by atoms with Crippen LogP contribution in [0.5, 0.6) is 5.75 Å². The number of amides is 2. The Morgan fingerprint density at radius 2 is 1.97 bits per heavy atom. The molecule has 2 aromatic carbocycles. The monoisotopic (exact) mass is 503 g/mol. The van der Waals surface area contributed by atoms with Crippen molar-refractivity contribution in [3.05, 3.63) is 88.1 Å². The molecule has 4 N–H and O–H groups in total. The van der Waals surface area contributed by atoms with Gasteiger partial charge in [-0.15, -0.1) is 0 Å². The van der Waals surface area contributed by atoms with Gasteiger partial charge in [0, 0.05) is 42.1 Å². The van der Waals surface area contributed by atoms with Gasteiger partial charge >= 0.3 is 0 Å². The number of aliphatic hydroxyl groups is 1. The van der Waals surface area contributed by atoms with Gasteiger partial charge in [0.15, 0.2) is 0 Å². The molecule has 7 heteroatoms. The van der Waals surface area contributed by atoms with Gasteiger partial charge in [0.05, 0.1) is 12.7 Å². The summed E-state index contributed by atoms with van der Waals surface area (Å²) >= 11 is 0. The molecule has 3 atom stereocenters. The molecule has 2 aromatic rings. The van der Waals surface area contributed by atoms with Crippen LogP contribution in [0.15, 0.2) is 71.5 Å². The quantitative estimate of drug-likeness (QED) is 0.378. The first kappa shape index (κ1) is 26.6. The number of allylic oxidation sites excluding steroid dienone is 2. The molecular weight excluding hydrogens is 466 g/mol. The highest BCUT2D eigenvalue weighted by Gasteiger charge is 2.61. The van der Waals surface area contributed by atoms with E-state index in [1.54, 1.807) is 20.1 Å². The number of fused-ring (bicyclic) bond motifs is 1. The van der Waals surface area contributed by atoms with Crippen LogP contribution in [0, 0.1) is 6.92 Å². The fraction of sp³-hybridized carbons (Fsp3) is 0.400. The predicted molar refractivity (Wildman–Crippen MR) is 144 cm³/mol. The number of hydrogen-bond donors (Lipinski definition) is 3. The average Bonchev–Trinajstić information content (AvgIpc) is 2.88. The summed E-state index contributed by atoms with van der Waals surface area (Å²) < 4.78 is 5.57. The third-order valence-corrected chi connectivity index (χ3v) is 8.42. The molecule has 1 heterocycles. The Morgan fingerprint density at radius 3 is 2.62 bits per heavy atom. The smallest absolute Gasteiger partial charge is 0.244 e. The highest BCUT2D eigenvalue weighted by atomic mass is 16.5. The normalized spacial score (nSPS) is 26.4. The maximum Gasteiger partial charge on any atom is 0.244 e. The summed E-state index contributed by atoms with van der Waals surface area (Å²) in [6.45, 7) is 7.26. The summed E-state index contributed by atoms with van der Waals surface area (Å²) in [6, 6.07) is 16.0. The number of ether oxygens (including phenoxy) is 1. The van der Waals surface area contributed by atoms with E-state index in [4.69, 9.17) is 10.5 Å². The van der Waals surface area contributed by atoms with Crippen molar-refractivity contribution in [3.8, 4) is 5.75 Å². The van der Waals surface area contributed by atoms with E-state index in [-0.39, 0.29) is 12.5 Å². The lowest BCUT2D eigenvalue weighted by atomic mass is 9.53. The molecule has 0 saturated carbocycles. The number of methoxy groups -OCH3 is 1. The van der Waals surface area contributed by atoms with Crippen LogP contribution in [0.3, 0.4) is 0 Å². The van der Waals surface area contributed by atoms with E-state index >= 15 is 0 Å². The van der Waals surface area contributed by atoms with Crippen LogP contribution < -0.4 is 15.8 Å². The molecule has 2 aliphatic rings. The summed E-state index contributed by atoms with van der Waals surface area (Å²) in [4.78, 5) is 25.9. The van der Waals surface area contributed by atoms with Gasteiger partial charge in [-0.2, -0.15) is 0 Å². The van der Waals surface area contributed by atoms with Crippen molar-refractivity contribution >= 4 is 12.3 Å². The average molecular weight is 504 g/mol. The zero-order chi connectivity index (χ0) is 26.8. The summed E-state index contributed by atoms with van der Waals surface area (Å²) in [6.07, 6.45) is 3.73. The van der Waals surface area contributed by atoms with E-state index in [9.17, 15) is 14.7 Å². The van der Waals surface area contributed by atoms with E-state index in [0.717, 1.165) is 29.0 Å². The topological polar surface area (TPSA) is 105 Å². The zero-order valence-electron chi connectivity index (χ0n) is 22.1. The van der Waals surface area contributed by atoms with E-state index < -0.39 is 16.9 Å². The zero-order valence-corrected chi connectivity index (χ0v) is 22.1. The number of piperidine rings is 1. The molecule has 0 spiro atoms. The number of rotatable bonds is 8. The Balaban J connectivity index is 1.89. The molecule has 196 valence electrons. The van der Waals surface area contributed by atoms with Crippen LogP contribution >= 0.6 is 0 Å². The lowest BCUT2D eigenvalue weighted by Gasteiger charge is -2.60. The van der Waals surface area contributed by atoms with Crippen LogP contribution in [0.4, 0.5) is 0 Å². The Hall–Kier alpha value is -3.42. The maximum absolute atomic E-state index is 12.8. The van der Waals surface area contributed by atoms with E-state index in [0.29, 0.717) is 37.1 Å². The first-order valence-corrected chi connectivity index (χ1v) is 12.7. The number of primary amides is 1. The third kappa shape index (κ3) is 4.81. The van der Waals surface area contributed by atoms with Crippen LogP contribution in [0.1, 0.15) is 49.8 Å². The number of nitrogens with zero attached hydrogens (tertiary/aromatic N) is 1. The summed E-state index contributed by atoms with van der Waals surface area (Å²) in [5, 5.41) is 15.7. The third-order valence-electron chi connectivity index (χ3n) is 8.42. The van der Waals surface area contributed by atoms with Crippen LogP contribution in [-0.2, 0) is 21.5 Å². The lowest BCUT2D eigenvalue weighted by molar-refractivity contribution is -0.140. The fourth-order valence-electron chi connectivity index (χ4n) is 6.24. The molecule has 1 aliphatic heterocycles. The Bertz CT molecular complexity index is 1240. The van der Waals surface area contributed by atoms with Crippen molar-refractivity contribution < 1.29 is 19.4 Å². The number of benzene rings is 2. The Morgan fingerprint density at radius 1 is 1.24 bits per heavy atom. The van der Waals surface area contributed by atoms with Gasteiger partial charge in [0.2, 0.25) is 12.3 Å². The van der Waals surface area contributed by atoms with Crippen molar-refractivity contribution in [1.82, 2.24) is 10.2 Å². The SMILES string of the molecule is COc1ccc(C)c([C@]23CCN(Cc4ccccc4)C(C)C2(O)CC(/C=C(\C)C(N)=O)=C(NC=O)C3)c1. The Labute approximate surface area is 219 Å². The first-order chi connectivity index (χ1) is 17.6. The van der Waals surface area contributed by atoms with Gasteiger partial charge in [-0.05, 0) is 74.2 Å². The molecule has 1 fully saturated rings. The lowest BCUT2D eigenvalue weighted by Crippen LogP contribution is -2.69. The second-order valence-corrected chi connectivity index (χ2v) is 10.4. The highest BCUT2D eigenvalue weighted by molar-refractivity contribution is 5.91. The van der Waals surface area contributed by atoms with Gasteiger partial charge in [-0.25, -0.2) is 0 Å². The molecule has 0 bridgehead atoms. The molecule has 1 aliphatic carbocycles. The number of likely N-dealkylation sites (tertiary alicyclic amines) is 1. The van der Waals surface area contributed by atoms with Crippen LogP contribution in [-0.4, -0.2) is 47.6 Å². The minimum absolute atomic E-state index is 0.220. The van der Waals surface area contributed by atoms with E-state index in [1.165, 1.54) is 5.56 Å². The molecule has 4 rings (SSSR count). The van der Waals surface area contributed by atoms with Gasteiger partial charge in [0.25, 0.3) is 0 Å². The summed E-state index contributed by atoms with van der Waals surface area (Å²) in [5.41, 5.74) is 8.70. The molecule has 0 radical (unpaired) electrons. The molecule has 7 nitrogen and oxygen atoms in total. The van der Waals surface area contributed by atoms with E-state index in [2.05, 4.69) is 29.3 Å². The predicted octanol–water partition coefficient (Wildman–Crippen LogP) is 3.49. The highest BCUT2D eigenvalue weighted by Crippen LogP contribution is 2.56. The number of aryl methyl sites for hydroxylation is 1. The van der Waals surface area contributed by atoms with Gasteiger partial charge < -0.3 is 20.9 Å². The largest absolute Gasteiger partial charge is 0.497 e. The fourth-order valence-corrected chi connectivity index (χ4v) is 6.24. The van der Waals surface area contributed by atoms with Crippen molar-refractivity contribution in [2.45, 2.75) is 63.6 Å². The minimum Gasteiger partial charge on any atom is -0.497 e. The molecule has 2 unspecified atom stereocenters. The number of hydrogen-bond acceptors (Lipinski definition) is 5. The maximum atomic E-state index is 12.8. The number of nitrogens with one attached hydrogen (secondary N) is 1. The van der Waals surface area contributed by atoms with Gasteiger partial charge in [0.1, 0.15) is 5.75 Å². The van der Waals surface area contributed by atoms with Crippen molar-refractivity contribution in [2.24, 2.45) is 5.73 Å². The van der Waals surface area contributed by atoms with Crippen molar-refractivity contribution in [2.75, 3.05) is 13.7 Å².